The topological polar surface area (TPSA) is 52.6 Å². The highest BCUT2D eigenvalue weighted by atomic mass is 19.2. The third kappa shape index (κ3) is 3.25. The number of halogens is 2. The highest BCUT2D eigenvalue weighted by Gasteiger charge is 2.33. The van der Waals surface area contributed by atoms with Gasteiger partial charge >= 0.3 is 6.03 Å². The Bertz CT molecular complexity index is 502. The van der Waals surface area contributed by atoms with Crippen LogP contribution in [0.25, 0.3) is 0 Å². The molecule has 2 amide bonds. The lowest BCUT2D eigenvalue weighted by Crippen LogP contribution is -2.43. The molecule has 1 fully saturated rings. The van der Waals surface area contributed by atoms with E-state index in [1.54, 1.807) is 0 Å². The molecule has 4 nitrogen and oxygen atoms in total. The summed E-state index contributed by atoms with van der Waals surface area (Å²) in [5.41, 5.74) is -1.08. The number of hydrogen-bond donors (Lipinski definition) is 2. The Labute approximate surface area is 116 Å². The van der Waals surface area contributed by atoms with Gasteiger partial charge in [-0.25, -0.2) is 13.6 Å². The molecule has 0 unspecified atom stereocenters. The van der Waals surface area contributed by atoms with E-state index in [-0.39, 0.29) is 12.2 Å². The average Bonchev–Trinajstić information content (AvgIpc) is 2.81. The standard InChI is InChI=1S/C14H18F2N2O2/c1-18(9-14(20)7-2-3-8-14)13(19)17-11-6-4-5-10(15)12(11)16/h4-6,20H,2-3,7-9H2,1H3,(H,17,19). The lowest BCUT2D eigenvalue weighted by Gasteiger charge is -2.28. The van der Waals surface area contributed by atoms with E-state index in [1.165, 1.54) is 24.1 Å². The molecule has 1 aromatic rings. The lowest BCUT2D eigenvalue weighted by atomic mass is 10.0. The van der Waals surface area contributed by atoms with Gasteiger partial charge in [0.05, 0.1) is 17.8 Å². The van der Waals surface area contributed by atoms with Gasteiger partial charge < -0.3 is 15.3 Å². The van der Waals surface area contributed by atoms with Gasteiger partial charge in [0.2, 0.25) is 0 Å². The third-order valence-electron chi connectivity index (χ3n) is 3.61. The van der Waals surface area contributed by atoms with Crippen LogP contribution in [-0.4, -0.2) is 35.2 Å². The van der Waals surface area contributed by atoms with Gasteiger partial charge in [0.1, 0.15) is 0 Å². The zero-order valence-electron chi connectivity index (χ0n) is 11.3. The van der Waals surface area contributed by atoms with E-state index in [0.29, 0.717) is 12.8 Å². The van der Waals surface area contributed by atoms with Gasteiger partial charge in [0.15, 0.2) is 11.6 Å². The van der Waals surface area contributed by atoms with Crippen LogP contribution in [0.5, 0.6) is 0 Å². The lowest BCUT2D eigenvalue weighted by molar-refractivity contribution is 0.0261. The summed E-state index contributed by atoms with van der Waals surface area (Å²) in [5, 5.41) is 12.5. The van der Waals surface area contributed by atoms with E-state index in [4.69, 9.17) is 0 Å². The first-order valence-electron chi connectivity index (χ1n) is 6.60. The van der Waals surface area contributed by atoms with Gasteiger partial charge in [0, 0.05) is 7.05 Å². The number of likely N-dealkylation sites (N-methyl/N-ethyl adjacent to an activating group) is 1. The Balaban J connectivity index is 1.99. The maximum Gasteiger partial charge on any atom is 0.321 e. The quantitative estimate of drug-likeness (QED) is 0.896. The van der Waals surface area contributed by atoms with E-state index in [9.17, 15) is 18.7 Å². The second-order valence-electron chi connectivity index (χ2n) is 5.32. The third-order valence-corrected chi connectivity index (χ3v) is 3.61. The zero-order chi connectivity index (χ0) is 14.8. The Morgan fingerprint density at radius 2 is 2.05 bits per heavy atom. The molecule has 0 saturated heterocycles. The van der Waals surface area contributed by atoms with Crippen molar-refractivity contribution in [2.45, 2.75) is 31.3 Å². The van der Waals surface area contributed by atoms with Crippen LogP contribution in [0.15, 0.2) is 18.2 Å². The highest BCUT2D eigenvalue weighted by Crippen LogP contribution is 2.30. The number of aliphatic hydroxyl groups is 1. The largest absolute Gasteiger partial charge is 0.388 e. The second-order valence-corrected chi connectivity index (χ2v) is 5.32. The fourth-order valence-corrected chi connectivity index (χ4v) is 2.52. The predicted octanol–water partition coefficient (Wildman–Crippen LogP) is 2.73. The molecule has 1 aliphatic rings. The Kier molecular flexibility index (Phi) is 4.23. The SMILES string of the molecule is CN(CC1(O)CCCC1)C(=O)Nc1cccc(F)c1F. The molecule has 2 rings (SSSR count). The van der Waals surface area contributed by atoms with Crippen molar-refractivity contribution < 1.29 is 18.7 Å². The van der Waals surface area contributed by atoms with Crippen molar-refractivity contribution in [2.24, 2.45) is 0 Å². The van der Waals surface area contributed by atoms with Crippen molar-refractivity contribution >= 4 is 11.7 Å². The second kappa shape index (κ2) is 5.75. The molecule has 2 N–H and O–H groups in total. The van der Waals surface area contributed by atoms with Crippen LogP contribution in [0.2, 0.25) is 0 Å². The summed E-state index contributed by atoms with van der Waals surface area (Å²) >= 11 is 0. The van der Waals surface area contributed by atoms with Crippen molar-refractivity contribution in [2.75, 3.05) is 18.9 Å². The molecular weight excluding hydrogens is 266 g/mol. The number of nitrogens with zero attached hydrogens (tertiary/aromatic N) is 1. The van der Waals surface area contributed by atoms with Crippen LogP contribution in [0.1, 0.15) is 25.7 Å². The Hall–Kier alpha value is -1.69. The van der Waals surface area contributed by atoms with Crippen LogP contribution in [0, 0.1) is 11.6 Å². The van der Waals surface area contributed by atoms with Crippen LogP contribution in [-0.2, 0) is 0 Å². The van der Waals surface area contributed by atoms with Crippen molar-refractivity contribution in [1.29, 1.82) is 0 Å². The van der Waals surface area contributed by atoms with Crippen molar-refractivity contribution in [3.8, 4) is 0 Å². The molecule has 1 saturated carbocycles. The molecule has 1 aliphatic carbocycles. The summed E-state index contributed by atoms with van der Waals surface area (Å²) in [4.78, 5) is 13.2. The van der Waals surface area contributed by atoms with Gasteiger partial charge in [0.25, 0.3) is 0 Å². The van der Waals surface area contributed by atoms with Crippen LogP contribution in [0.3, 0.4) is 0 Å². The zero-order valence-corrected chi connectivity index (χ0v) is 11.3. The van der Waals surface area contributed by atoms with E-state index in [1.807, 2.05) is 0 Å². The normalized spacial score (nSPS) is 17.0. The minimum absolute atomic E-state index is 0.176. The van der Waals surface area contributed by atoms with Crippen molar-refractivity contribution in [3.05, 3.63) is 29.8 Å². The smallest absolute Gasteiger partial charge is 0.321 e. The molecule has 6 heteroatoms. The number of carbonyl (C=O) groups is 1. The van der Waals surface area contributed by atoms with Crippen LogP contribution >= 0.6 is 0 Å². The van der Waals surface area contributed by atoms with Crippen molar-refractivity contribution in [1.82, 2.24) is 4.90 Å². The molecule has 0 aliphatic heterocycles. The summed E-state index contributed by atoms with van der Waals surface area (Å²) in [7, 11) is 1.52. The number of anilines is 1. The minimum atomic E-state index is -1.09. The van der Waals surface area contributed by atoms with E-state index >= 15 is 0 Å². The molecule has 1 aromatic carbocycles. The number of carbonyl (C=O) groups excluding carboxylic acids is 1. The number of benzene rings is 1. The molecular formula is C14H18F2N2O2. The summed E-state index contributed by atoms with van der Waals surface area (Å²) in [6, 6.07) is 3.01. The number of amides is 2. The van der Waals surface area contributed by atoms with Gasteiger partial charge in [-0.1, -0.05) is 18.9 Å². The maximum atomic E-state index is 13.4. The Morgan fingerprint density at radius 1 is 1.40 bits per heavy atom. The fourth-order valence-electron chi connectivity index (χ4n) is 2.52. The average molecular weight is 284 g/mol. The molecule has 0 bridgehead atoms. The first-order valence-corrected chi connectivity index (χ1v) is 6.60. The van der Waals surface area contributed by atoms with Gasteiger partial charge in [-0.05, 0) is 25.0 Å². The molecule has 0 radical (unpaired) electrons. The molecule has 110 valence electrons. The molecule has 0 atom stereocenters. The number of nitrogens with one attached hydrogen (secondary N) is 1. The molecule has 20 heavy (non-hydrogen) atoms. The number of rotatable bonds is 3. The molecule has 0 aromatic heterocycles. The van der Waals surface area contributed by atoms with Crippen LogP contribution < -0.4 is 5.32 Å². The molecule has 0 spiro atoms. The summed E-state index contributed by atoms with van der Waals surface area (Å²) < 4.78 is 26.5. The van der Waals surface area contributed by atoms with Gasteiger partial charge in [-0.2, -0.15) is 0 Å². The van der Waals surface area contributed by atoms with Crippen molar-refractivity contribution in [3.63, 3.8) is 0 Å². The maximum absolute atomic E-state index is 13.4. The first-order chi connectivity index (χ1) is 9.41. The summed E-state index contributed by atoms with van der Waals surface area (Å²) in [6.07, 6.45) is 3.17. The highest BCUT2D eigenvalue weighted by molar-refractivity contribution is 5.89. The number of urea groups is 1. The monoisotopic (exact) mass is 284 g/mol. The van der Waals surface area contributed by atoms with E-state index in [2.05, 4.69) is 5.32 Å². The van der Waals surface area contributed by atoms with Gasteiger partial charge in [-0.15, -0.1) is 0 Å². The predicted molar refractivity (Wildman–Crippen MR) is 71.4 cm³/mol. The first kappa shape index (κ1) is 14.7. The summed E-state index contributed by atoms with van der Waals surface area (Å²) in [5.74, 6) is -2.10. The Morgan fingerprint density at radius 3 is 2.70 bits per heavy atom. The van der Waals surface area contributed by atoms with Gasteiger partial charge in [-0.3, -0.25) is 0 Å². The number of hydrogen-bond acceptors (Lipinski definition) is 2. The minimum Gasteiger partial charge on any atom is -0.388 e. The molecule has 0 heterocycles. The van der Waals surface area contributed by atoms with Crippen LogP contribution in [0.4, 0.5) is 19.3 Å². The summed E-state index contributed by atoms with van der Waals surface area (Å²) in [6.45, 7) is 0.176. The fraction of sp³-hybridized carbons (Fsp3) is 0.500. The van der Waals surface area contributed by atoms with E-state index < -0.39 is 23.3 Å². The van der Waals surface area contributed by atoms with E-state index in [0.717, 1.165) is 18.9 Å².